The lowest BCUT2D eigenvalue weighted by Gasteiger charge is -2.26. The van der Waals surface area contributed by atoms with Gasteiger partial charge in [-0.15, -0.1) is 0 Å². The van der Waals surface area contributed by atoms with Crippen LogP contribution in [0.4, 0.5) is 10.5 Å². The standard InChI is InChI=1S/C27H20Cl2N2O7/c1-2-37-22-13-16(12-21(29)23(22)38-14-15-4-3-5-17(10-15)26(34)35)11-20-24(32)30-27(36)31(25(20)33)19-8-6-18(28)7-9-19/h3-13H,2,14H2,1H3,(H,34,35)(H,30,32,36)/b20-11+. The van der Waals surface area contributed by atoms with Gasteiger partial charge in [0.1, 0.15) is 12.2 Å². The molecule has 1 saturated heterocycles. The van der Waals surface area contributed by atoms with Crippen LogP contribution in [0.5, 0.6) is 11.5 Å². The molecule has 3 aromatic rings. The molecule has 0 radical (unpaired) electrons. The molecular weight excluding hydrogens is 535 g/mol. The second-order valence-corrected chi connectivity index (χ2v) is 8.84. The topological polar surface area (TPSA) is 122 Å². The molecule has 1 heterocycles. The maximum Gasteiger partial charge on any atom is 0.335 e. The summed E-state index contributed by atoms with van der Waals surface area (Å²) in [6.07, 6.45) is 1.29. The van der Waals surface area contributed by atoms with Gasteiger partial charge >= 0.3 is 12.0 Å². The molecule has 0 spiro atoms. The Bertz CT molecular complexity index is 1470. The number of anilines is 1. The lowest BCUT2D eigenvalue weighted by Crippen LogP contribution is -2.54. The Morgan fingerprint density at radius 1 is 1.03 bits per heavy atom. The van der Waals surface area contributed by atoms with E-state index in [0.717, 1.165) is 4.90 Å². The number of carboxylic acids is 1. The number of carbonyl (C=O) groups excluding carboxylic acids is 3. The number of urea groups is 1. The monoisotopic (exact) mass is 554 g/mol. The molecule has 4 rings (SSSR count). The molecule has 2 N–H and O–H groups in total. The first kappa shape index (κ1) is 26.7. The Kier molecular flexibility index (Phi) is 7.99. The molecule has 1 fully saturated rings. The van der Waals surface area contributed by atoms with Crippen LogP contribution < -0.4 is 19.7 Å². The number of ether oxygens (including phenoxy) is 2. The van der Waals surface area contributed by atoms with Crippen molar-refractivity contribution in [3.05, 3.63) is 93.0 Å². The lowest BCUT2D eigenvalue weighted by atomic mass is 10.1. The van der Waals surface area contributed by atoms with Crippen molar-refractivity contribution >= 4 is 58.8 Å². The number of hydrogen-bond donors (Lipinski definition) is 2. The highest BCUT2D eigenvalue weighted by Crippen LogP contribution is 2.38. The number of carboxylic acid groups (broad SMARTS) is 1. The van der Waals surface area contributed by atoms with Crippen LogP contribution in [0.15, 0.2) is 66.2 Å². The summed E-state index contributed by atoms with van der Waals surface area (Å²) in [6, 6.07) is 14.4. The van der Waals surface area contributed by atoms with E-state index in [4.69, 9.17) is 32.7 Å². The molecule has 9 nitrogen and oxygen atoms in total. The highest BCUT2D eigenvalue weighted by molar-refractivity contribution is 6.39. The van der Waals surface area contributed by atoms with E-state index < -0.39 is 23.8 Å². The van der Waals surface area contributed by atoms with Gasteiger partial charge in [-0.05, 0) is 72.7 Å². The van der Waals surface area contributed by atoms with Crippen LogP contribution in [-0.2, 0) is 16.2 Å². The van der Waals surface area contributed by atoms with Gasteiger partial charge in [-0.25, -0.2) is 14.5 Å². The van der Waals surface area contributed by atoms with Crippen molar-refractivity contribution in [2.75, 3.05) is 11.5 Å². The normalized spacial score (nSPS) is 14.4. The summed E-state index contributed by atoms with van der Waals surface area (Å²) in [7, 11) is 0. The van der Waals surface area contributed by atoms with Gasteiger partial charge in [0, 0.05) is 5.02 Å². The van der Waals surface area contributed by atoms with Crippen molar-refractivity contribution in [3.63, 3.8) is 0 Å². The van der Waals surface area contributed by atoms with Crippen LogP contribution >= 0.6 is 23.2 Å². The number of hydrogen-bond acceptors (Lipinski definition) is 6. The van der Waals surface area contributed by atoms with Gasteiger partial charge in [0.15, 0.2) is 11.5 Å². The average Bonchev–Trinajstić information content (AvgIpc) is 2.87. The maximum absolute atomic E-state index is 13.1. The molecule has 0 aliphatic carbocycles. The molecule has 4 amide bonds. The van der Waals surface area contributed by atoms with Crippen LogP contribution in [-0.4, -0.2) is 35.5 Å². The maximum atomic E-state index is 13.1. The SMILES string of the molecule is CCOc1cc(/C=C2\C(=O)NC(=O)N(c3ccc(Cl)cc3)C2=O)cc(Cl)c1OCc1cccc(C(=O)O)c1. The fourth-order valence-corrected chi connectivity index (χ4v) is 4.07. The third kappa shape index (κ3) is 5.80. The Balaban J connectivity index is 1.64. The number of barbiturate groups is 1. The molecule has 194 valence electrons. The zero-order valence-electron chi connectivity index (χ0n) is 19.9. The minimum atomic E-state index is -1.06. The van der Waals surface area contributed by atoms with E-state index in [2.05, 4.69) is 5.32 Å². The number of aromatic carboxylic acids is 1. The highest BCUT2D eigenvalue weighted by Gasteiger charge is 2.36. The minimum Gasteiger partial charge on any atom is -0.490 e. The Morgan fingerprint density at radius 3 is 2.45 bits per heavy atom. The van der Waals surface area contributed by atoms with Crippen molar-refractivity contribution in [1.29, 1.82) is 0 Å². The Hall–Kier alpha value is -4.34. The second-order valence-electron chi connectivity index (χ2n) is 7.99. The second kappa shape index (κ2) is 11.4. The molecule has 0 atom stereocenters. The molecule has 1 aliphatic rings. The summed E-state index contributed by atoms with van der Waals surface area (Å²) in [5.74, 6) is -2.30. The van der Waals surface area contributed by atoms with Crippen LogP contribution in [0.3, 0.4) is 0 Å². The van der Waals surface area contributed by atoms with E-state index in [9.17, 15) is 24.3 Å². The minimum absolute atomic E-state index is 0.0143. The third-order valence-corrected chi connectivity index (χ3v) is 5.92. The predicted octanol–water partition coefficient (Wildman–Crippen LogP) is 5.34. The number of nitrogens with one attached hydrogen (secondary N) is 1. The van der Waals surface area contributed by atoms with Gasteiger partial charge in [0.2, 0.25) is 0 Å². The molecule has 0 aromatic heterocycles. The summed E-state index contributed by atoms with van der Waals surface area (Å²) < 4.78 is 11.5. The van der Waals surface area contributed by atoms with Crippen LogP contribution in [0.2, 0.25) is 10.0 Å². The molecule has 0 saturated carbocycles. The van der Waals surface area contributed by atoms with Crippen molar-refractivity contribution < 1.29 is 33.8 Å². The molecule has 1 aliphatic heterocycles. The number of halogens is 2. The first-order valence-electron chi connectivity index (χ1n) is 11.3. The van der Waals surface area contributed by atoms with Crippen LogP contribution in [0.1, 0.15) is 28.4 Å². The first-order valence-corrected chi connectivity index (χ1v) is 12.0. The first-order chi connectivity index (χ1) is 18.2. The molecule has 38 heavy (non-hydrogen) atoms. The summed E-state index contributed by atoms with van der Waals surface area (Å²) in [5.41, 5.74) is 1.01. The number of amides is 4. The summed E-state index contributed by atoms with van der Waals surface area (Å²) in [6.45, 7) is 2.03. The summed E-state index contributed by atoms with van der Waals surface area (Å²) >= 11 is 12.4. The van der Waals surface area contributed by atoms with Gasteiger partial charge in [0.05, 0.1) is 22.9 Å². The largest absolute Gasteiger partial charge is 0.490 e. The number of nitrogens with zero attached hydrogens (tertiary/aromatic N) is 1. The highest BCUT2D eigenvalue weighted by atomic mass is 35.5. The zero-order valence-corrected chi connectivity index (χ0v) is 21.4. The number of imide groups is 2. The van der Waals surface area contributed by atoms with Crippen LogP contribution in [0.25, 0.3) is 6.08 Å². The quantitative estimate of drug-likeness (QED) is 0.284. The van der Waals surface area contributed by atoms with Crippen molar-refractivity contribution in [3.8, 4) is 11.5 Å². The van der Waals surface area contributed by atoms with Gasteiger partial charge in [0.25, 0.3) is 11.8 Å². The van der Waals surface area contributed by atoms with E-state index in [1.165, 1.54) is 54.6 Å². The predicted molar refractivity (Wildman–Crippen MR) is 141 cm³/mol. The fourth-order valence-electron chi connectivity index (χ4n) is 3.67. The van der Waals surface area contributed by atoms with Crippen molar-refractivity contribution in [2.45, 2.75) is 13.5 Å². The molecule has 0 bridgehead atoms. The summed E-state index contributed by atoms with van der Waals surface area (Å²) in [4.78, 5) is 50.2. The molecular formula is C27H20Cl2N2O7. The molecule has 11 heteroatoms. The Labute approximate surface area is 227 Å². The number of carbonyl (C=O) groups is 4. The van der Waals surface area contributed by atoms with Gasteiger partial charge < -0.3 is 14.6 Å². The molecule has 3 aromatic carbocycles. The molecule has 0 unspecified atom stereocenters. The Morgan fingerprint density at radius 2 is 1.76 bits per heavy atom. The lowest BCUT2D eigenvalue weighted by molar-refractivity contribution is -0.122. The zero-order chi connectivity index (χ0) is 27.4. The van der Waals surface area contributed by atoms with Crippen molar-refractivity contribution in [1.82, 2.24) is 5.32 Å². The summed E-state index contributed by atoms with van der Waals surface area (Å²) in [5, 5.41) is 11.9. The average molecular weight is 555 g/mol. The van der Waals surface area contributed by atoms with Gasteiger partial charge in [-0.2, -0.15) is 0 Å². The van der Waals surface area contributed by atoms with Crippen molar-refractivity contribution in [2.24, 2.45) is 0 Å². The van der Waals surface area contributed by atoms with E-state index in [1.807, 2.05) is 0 Å². The van der Waals surface area contributed by atoms with Gasteiger partial charge in [-0.1, -0.05) is 35.3 Å². The number of benzene rings is 3. The third-order valence-electron chi connectivity index (χ3n) is 5.39. The van der Waals surface area contributed by atoms with Gasteiger partial charge in [-0.3, -0.25) is 14.9 Å². The van der Waals surface area contributed by atoms with Crippen LogP contribution in [0, 0.1) is 0 Å². The van der Waals surface area contributed by atoms with E-state index >= 15 is 0 Å². The van der Waals surface area contributed by atoms with E-state index in [-0.39, 0.29) is 46.6 Å². The van der Waals surface area contributed by atoms with E-state index in [0.29, 0.717) is 16.1 Å². The smallest absolute Gasteiger partial charge is 0.335 e. The number of rotatable bonds is 8. The van der Waals surface area contributed by atoms with E-state index in [1.54, 1.807) is 19.1 Å². The fraction of sp³-hybridized carbons (Fsp3) is 0.111.